The monoisotopic (exact) mass is 583 g/mol. The van der Waals surface area contributed by atoms with Crippen LogP contribution in [-0.2, 0) is 27.2 Å². The first kappa shape index (κ1) is 28.7. The second kappa shape index (κ2) is 12.8. The molecule has 5 rings (SSSR count). The van der Waals surface area contributed by atoms with Gasteiger partial charge in [0, 0.05) is 10.4 Å². The topological polar surface area (TPSA) is 123 Å². The molecule has 0 spiro atoms. The molecule has 10 heteroatoms. The molecule has 0 radical (unpaired) electrons. The number of hydrogen-bond acceptors (Lipinski definition) is 8. The highest BCUT2D eigenvalue weighted by atomic mass is 32.1. The van der Waals surface area contributed by atoms with Gasteiger partial charge < -0.3 is 14.8 Å². The van der Waals surface area contributed by atoms with Gasteiger partial charge in [-0.2, -0.15) is 5.10 Å². The molecule has 42 heavy (non-hydrogen) atoms. The number of benzene rings is 3. The average molecular weight is 584 g/mol. The minimum atomic E-state index is -1.02. The third-order valence-electron chi connectivity index (χ3n) is 6.86. The fraction of sp³-hybridized carbons (Fsp3) is 0.219. The molecule has 2 amide bonds. The number of anilines is 1. The highest BCUT2D eigenvalue weighted by molar-refractivity contribution is 7.17. The van der Waals surface area contributed by atoms with Gasteiger partial charge in [0.05, 0.1) is 23.9 Å². The number of hydrazone groups is 1. The third kappa shape index (κ3) is 6.23. The van der Waals surface area contributed by atoms with Gasteiger partial charge in [-0.25, -0.2) is 15.0 Å². The molecule has 0 saturated heterocycles. The van der Waals surface area contributed by atoms with Crippen molar-refractivity contribution in [3.63, 3.8) is 0 Å². The molecule has 0 aliphatic heterocycles. The van der Waals surface area contributed by atoms with Crippen molar-refractivity contribution < 1.29 is 28.7 Å². The van der Waals surface area contributed by atoms with Crippen LogP contribution in [0.1, 0.15) is 62.0 Å². The zero-order valence-electron chi connectivity index (χ0n) is 23.2. The number of ether oxygens (including phenoxy) is 2. The van der Waals surface area contributed by atoms with E-state index in [9.17, 15) is 19.2 Å². The summed E-state index contributed by atoms with van der Waals surface area (Å²) < 4.78 is 10.9. The SMILES string of the molecule is CCOC(=O)c1c(NC(=O)C(=O)NN=Cc2c(OC(=O)c3ccc(C)cc3)ccc3ccccc23)sc2c1CCCC2. The highest BCUT2D eigenvalue weighted by Crippen LogP contribution is 2.38. The van der Waals surface area contributed by atoms with E-state index in [1.807, 2.05) is 49.4 Å². The van der Waals surface area contributed by atoms with Gasteiger partial charge in [-0.15, -0.1) is 11.3 Å². The lowest BCUT2D eigenvalue weighted by molar-refractivity contribution is -0.136. The number of carbonyl (C=O) groups is 4. The van der Waals surface area contributed by atoms with Crippen LogP contribution in [0.15, 0.2) is 65.8 Å². The maximum atomic E-state index is 12.8. The fourth-order valence-electron chi connectivity index (χ4n) is 4.79. The van der Waals surface area contributed by atoms with Crippen LogP contribution in [0.25, 0.3) is 10.8 Å². The minimum absolute atomic E-state index is 0.197. The number of nitrogens with zero attached hydrogens (tertiary/aromatic N) is 1. The Hall–Kier alpha value is -4.83. The summed E-state index contributed by atoms with van der Waals surface area (Å²) in [6.07, 6.45) is 4.79. The Balaban J connectivity index is 1.34. The van der Waals surface area contributed by atoms with Gasteiger partial charge in [0.15, 0.2) is 0 Å². The number of hydrogen-bond donors (Lipinski definition) is 2. The van der Waals surface area contributed by atoms with E-state index in [0.29, 0.717) is 28.1 Å². The van der Waals surface area contributed by atoms with Crippen molar-refractivity contribution in [1.29, 1.82) is 0 Å². The van der Waals surface area contributed by atoms with Gasteiger partial charge in [-0.3, -0.25) is 9.59 Å². The molecule has 1 aliphatic carbocycles. The third-order valence-corrected chi connectivity index (χ3v) is 8.07. The van der Waals surface area contributed by atoms with Crippen LogP contribution in [0, 0.1) is 6.92 Å². The zero-order chi connectivity index (χ0) is 29.6. The van der Waals surface area contributed by atoms with Crippen LogP contribution in [-0.4, -0.2) is 36.6 Å². The minimum Gasteiger partial charge on any atom is -0.462 e. The fourth-order valence-corrected chi connectivity index (χ4v) is 6.06. The predicted molar refractivity (Wildman–Crippen MR) is 161 cm³/mol. The van der Waals surface area contributed by atoms with Crippen molar-refractivity contribution in [2.75, 3.05) is 11.9 Å². The first-order valence-corrected chi connectivity index (χ1v) is 14.4. The molecule has 1 heterocycles. The standard InChI is InChI=1S/C32H29N3O6S/c1-3-40-32(39)27-23-10-6-7-11-26(23)42-30(27)34-28(36)29(37)35-33-18-24-22-9-5-4-8-20(22)16-17-25(24)41-31(38)21-14-12-19(2)13-15-21/h4-5,8-9,12-18H,3,6-7,10-11H2,1-2H3,(H,34,36)(H,35,37). The largest absolute Gasteiger partial charge is 0.462 e. The Labute approximate surface area is 246 Å². The zero-order valence-corrected chi connectivity index (χ0v) is 24.0. The van der Waals surface area contributed by atoms with E-state index in [-0.39, 0.29) is 12.4 Å². The number of carbonyl (C=O) groups excluding carboxylic acids is 4. The van der Waals surface area contributed by atoms with Gasteiger partial charge in [0.25, 0.3) is 0 Å². The molecule has 0 unspecified atom stereocenters. The summed E-state index contributed by atoms with van der Waals surface area (Å²) in [6, 6.07) is 17.9. The van der Waals surface area contributed by atoms with Gasteiger partial charge in [-0.05, 0) is 74.1 Å². The molecule has 9 nitrogen and oxygen atoms in total. The molecule has 0 atom stereocenters. The summed E-state index contributed by atoms with van der Waals surface area (Å²) in [7, 11) is 0. The van der Waals surface area contributed by atoms with Crippen LogP contribution in [0.2, 0.25) is 0 Å². The number of amides is 2. The summed E-state index contributed by atoms with van der Waals surface area (Å²) in [4.78, 5) is 52.0. The molecule has 0 bridgehead atoms. The van der Waals surface area contributed by atoms with Crippen molar-refractivity contribution in [3.05, 3.63) is 93.4 Å². The molecule has 1 aromatic heterocycles. The normalized spacial score (nSPS) is 12.5. The second-order valence-corrected chi connectivity index (χ2v) is 10.8. The van der Waals surface area contributed by atoms with Crippen LogP contribution >= 0.6 is 11.3 Å². The number of nitrogens with one attached hydrogen (secondary N) is 2. The van der Waals surface area contributed by atoms with Crippen LogP contribution < -0.4 is 15.5 Å². The summed E-state index contributed by atoms with van der Waals surface area (Å²) in [5.41, 5.74) is 5.28. The average Bonchev–Trinajstić information content (AvgIpc) is 3.36. The van der Waals surface area contributed by atoms with Crippen LogP contribution in [0.3, 0.4) is 0 Å². The lowest BCUT2D eigenvalue weighted by atomic mass is 9.95. The molecule has 214 valence electrons. The Morgan fingerprint density at radius 3 is 2.48 bits per heavy atom. The molecule has 4 aromatic rings. The van der Waals surface area contributed by atoms with Crippen molar-refractivity contribution in [1.82, 2.24) is 5.43 Å². The predicted octanol–water partition coefficient (Wildman–Crippen LogP) is 5.57. The van der Waals surface area contributed by atoms with E-state index in [1.165, 1.54) is 17.6 Å². The summed E-state index contributed by atoms with van der Waals surface area (Å²) >= 11 is 1.29. The van der Waals surface area contributed by atoms with Gasteiger partial charge in [0.1, 0.15) is 10.8 Å². The van der Waals surface area contributed by atoms with Gasteiger partial charge in [0.2, 0.25) is 0 Å². The first-order chi connectivity index (χ1) is 20.4. The Morgan fingerprint density at radius 2 is 1.69 bits per heavy atom. The molecule has 1 aliphatic rings. The Bertz CT molecular complexity index is 1710. The summed E-state index contributed by atoms with van der Waals surface area (Å²) in [5.74, 6) is -2.82. The van der Waals surface area contributed by atoms with Crippen molar-refractivity contribution in [3.8, 4) is 5.75 Å². The molecule has 0 saturated carbocycles. The van der Waals surface area contributed by atoms with Crippen LogP contribution in [0.5, 0.6) is 5.75 Å². The maximum Gasteiger partial charge on any atom is 0.343 e. The van der Waals surface area contributed by atoms with Crippen molar-refractivity contribution in [2.45, 2.75) is 39.5 Å². The molecule has 2 N–H and O–H groups in total. The number of rotatable bonds is 7. The lowest BCUT2D eigenvalue weighted by Crippen LogP contribution is -2.32. The quantitative estimate of drug-likeness (QED) is 0.0964. The maximum absolute atomic E-state index is 12.8. The number of esters is 2. The highest BCUT2D eigenvalue weighted by Gasteiger charge is 2.28. The molecule has 0 fully saturated rings. The smallest absolute Gasteiger partial charge is 0.343 e. The Kier molecular flexibility index (Phi) is 8.73. The summed E-state index contributed by atoms with van der Waals surface area (Å²) in [5, 5.41) is 8.46. The number of thiophene rings is 1. The van der Waals surface area contributed by atoms with Gasteiger partial charge >= 0.3 is 23.8 Å². The van der Waals surface area contributed by atoms with Gasteiger partial charge in [-0.1, -0.05) is 48.0 Å². The summed E-state index contributed by atoms with van der Waals surface area (Å²) in [6.45, 7) is 3.84. The van der Waals surface area contributed by atoms with E-state index in [0.717, 1.165) is 46.0 Å². The lowest BCUT2D eigenvalue weighted by Gasteiger charge is -2.12. The number of fused-ring (bicyclic) bond motifs is 2. The Morgan fingerprint density at radius 1 is 0.929 bits per heavy atom. The first-order valence-electron chi connectivity index (χ1n) is 13.6. The van der Waals surface area contributed by atoms with E-state index >= 15 is 0 Å². The van der Waals surface area contributed by atoms with E-state index < -0.39 is 23.8 Å². The van der Waals surface area contributed by atoms with E-state index in [1.54, 1.807) is 25.1 Å². The van der Waals surface area contributed by atoms with Crippen molar-refractivity contribution >= 4 is 57.1 Å². The molecular weight excluding hydrogens is 554 g/mol. The van der Waals surface area contributed by atoms with Crippen LogP contribution in [0.4, 0.5) is 5.00 Å². The molecular formula is C32H29N3O6S. The van der Waals surface area contributed by atoms with E-state index in [2.05, 4.69) is 15.8 Å². The number of aryl methyl sites for hydroxylation is 2. The van der Waals surface area contributed by atoms with Crippen molar-refractivity contribution in [2.24, 2.45) is 5.10 Å². The van der Waals surface area contributed by atoms with E-state index in [4.69, 9.17) is 9.47 Å². The molecule has 3 aromatic carbocycles. The second-order valence-electron chi connectivity index (χ2n) is 9.74.